The van der Waals surface area contributed by atoms with Crippen LogP contribution in [0.2, 0.25) is 0 Å². The first-order valence-corrected chi connectivity index (χ1v) is 10.3. The molecule has 4 heterocycles. The van der Waals surface area contributed by atoms with Gasteiger partial charge < -0.3 is 24.3 Å². The lowest BCUT2D eigenvalue weighted by atomic mass is 10.1. The zero-order valence-corrected chi connectivity index (χ0v) is 16.3. The van der Waals surface area contributed by atoms with Crippen molar-refractivity contribution in [3.8, 4) is 11.5 Å². The third-order valence-corrected chi connectivity index (χ3v) is 5.72. The van der Waals surface area contributed by atoms with Crippen molar-refractivity contribution in [3.05, 3.63) is 35.4 Å². The van der Waals surface area contributed by atoms with Crippen molar-refractivity contribution in [3.63, 3.8) is 0 Å². The van der Waals surface area contributed by atoms with Crippen molar-refractivity contribution in [2.75, 3.05) is 31.6 Å². The zero-order chi connectivity index (χ0) is 19.8. The molecular weight excluding hydrogens is 372 g/mol. The SMILES string of the molecule is O=C(Nc1ccc2c(c1)OCCO2)c1nc(C(=O)N2CCCC2)n2c1CCCC2. The summed E-state index contributed by atoms with van der Waals surface area (Å²) in [6.45, 7) is 3.27. The number of carbonyl (C=O) groups is 2. The Morgan fingerprint density at radius 1 is 0.966 bits per heavy atom. The number of hydrogen-bond acceptors (Lipinski definition) is 5. The average molecular weight is 396 g/mol. The van der Waals surface area contributed by atoms with E-state index in [1.807, 2.05) is 9.47 Å². The quantitative estimate of drug-likeness (QED) is 0.862. The Morgan fingerprint density at radius 2 is 1.72 bits per heavy atom. The van der Waals surface area contributed by atoms with E-state index < -0.39 is 0 Å². The minimum absolute atomic E-state index is 0.0657. The number of ether oxygens (including phenoxy) is 2. The molecule has 0 spiro atoms. The molecular formula is C21H24N4O4. The number of likely N-dealkylation sites (tertiary alicyclic amines) is 1. The Balaban J connectivity index is 1.42. The molecule has 3 aliphatic heterocycles. The van der Waals surface area contributed by atoms with Gasteiger partial charge in [0.1, 0.15) is 13.2 Å². The summed E-state index contributed by atoms with van der Waals surface area (Å²) in [6.07, 6.45) is 4.79. The van der Waals surface area contributed by atoms with E-state index in [1.165, 1.54) is 0 Å². The molecule has 0 aliphatic carbocycles. The Hall–Kier alpha value is -3.03. The maximum atomic E-state index is 13.0. The van der Waals surface area contributed by atoms with Gasteiger partial charge in [-0.3, -0.25) is 9.59 Å². The molecule has 5 rings (SSSR count). The number of aromatic nitrogens is 2. The first-order valence-electron chi connectivity index (χ1n) is 10.3. The number of benzene rings is 1. The molecule has 0 atom stereocenters. The van der Waals surface area contributed by atoms with E-state index in [-0.39, 0.29) is 11.8 Å². The topological polar surface area (TPSA) is 85.7 Å². The summed E-state index contributed by atoms with van der Waals surface area (Å²) >= 11 is 0. The standard InChI is InChI=1S/C21H24N4O4/c26-20(22-14-6-7-16-17(13-14)29-12-11-28-16)18-15-5-1-2-10-25(15)19(23-18)21(27)24-8-3-4-9-24/h6-7,13H,1-5,8-12H2,(H,22,26). The number of rotatable bonds is 3. The third kappa shape index (κ3) is 3.32. The van der Waals surface area contributed by atoms with E-state index in [2.05, 4.69) is 10.3 Å². The monoisotopic (exact) mass is 396 g/mol. The number of anilines is 1. The van der Waals surface area contributed by atoms with Gasteiger partial charge in [0.15, 0.2) is 23.0 Å². The fourth-order valence-corrected chi connectivity index (χ4v) is 4.26. The van der Waals surface area contributed by atoms with Gasteiger partial charge in [-0.05, 0) is 44.2 Å². The highest BCUT2D eigenvalue weighted by Gasteiger charge is 2.30. The van der Waals surface area contributed by atoms with Crippen LogP contribution in [0.25, 0.3) is 0 Å². The molecule has 2 aromatic rings. The molecule has 1 fully saturated rings. The fraction of sp³-hybridized carbons (Fsp3) is 0.476. The number of carbonyl (C=O) groups excluding carboxylic acids is 2. The first kappa shape index (κ1) is 18.0. The Labute approximate surface area is 168 Å². The largest absolute Gasteiger partial charge is 0.486 e. The Kier molecular flexibility index (Phi) is 4.61. The number of amides is 2. The van der Waals surface area contributed by atoms with Crippen LogP contribution in [-0.4, -0.2) is 52.6 Å². The summed E-state index contributed by atoms with van der Waals surface area (Å²) < 4.78 is 13.1. The van der Waals surface area contributed by atoms with Crippen molar-refractivity contribution in [2.24, 2.45) is 0 Å². The van der Waals surface area contributed by atoms with Crippen LogP contribution in [0.3, 0.4) is 0 Å². The van der Waals surface area contributed by atoms with Gasteiger partial charge in [0, 0.05) is 31.4 Å². The van der Waals surface area contributed by atoms with Crippen LogP contribution in [0.1, 0.15) is 52.5 Å². The minimum Gasteiger partial charge on any atom is -0.486 e. The molecule has 8 heteroatoms. The van der Waals surface area contributed by atoms with Crippen LogP contribution in [0.15, 0.2) is 18.2 Å². The van der Waals surface area contributed by atoms with E-state index >= 15 is 0 Å². The van der Waals surface area contributed by atoms with E-state index in [0.717, 1.165) is 57.4 Å². The molecule has 0 saturated carbocycles. The van der Waals surface area contributed by atoms with Gasteiger partial charge in [0.05, 0.1) is 5.69 Å². The van der Waals surface area contributed by atoms with Gasteiger partial charge in [-0.2, -0.15) is 0 Å². The number of fused-ring (bicyclic) bond motifs is 2. The van der Waals surface area contributed by atoms with Gasteiger partial charge >= 0.3 is 0 Å². The van der Waals surface area contributed by atoms with Crippen LogP contribution < -0.4 is 14.8 Å². The molecule has 3 aliphatic rings. The molecule has 1 saturated heterocycles. The summed E-state index contributed by atoms with van der Waals surface area (Å²) in [5, 5.41) is 2.91. The van der Waals surface area contributed by atoms with Gasteiger partial charge in [-0.1, -0.05) is 0 Å². The van der Waals surface area contributed by atoms with E-state index in [4.69, 9.17) is 9.47 Å². The van der Waals surface area contributed by atoms with Gasteiger partial charge in [0.2, 0.25) is 0 Å². The summed E-state index contributed by atoms with van der Waals surface area (Å²) in [4.78, 5) is 32.3. The first-order chi connectivity index (χ1) is 14.2. The minimum atomic E-state index is -0.298. The predicted molar refractivity (Wildman–Crippen MR) is 106 cm³/mol. The highest BCUT2D eigenvalue weighted by molar-refractivity contribution is 6.05. The van der Waals surface area contributed by atoms with Crippen LogP contribution >= 0.6 is 0 Å². The summed E-state index contributed by atoms with van der Waals surface area (Å²) in [7, 11) is 0. The van der Waals surface area contributed by atoms with Gasteiger partial charge in [0.25, 0.3) is 11.8 Å². The van der Waals surface area contributed by atoms with Crippen LogP contribution in [-0.2, 0) is 13.0 Å². The Bertz CT molecular complexity index is 962. The van der Waals surface area contributed by atoms with Crippen LogP contribution in [0.5, 0.6) is 11.5 Å². The molecule has 1 aromatic heterocycles. The summed E-state index contributed by atoms with van der Waals surface area (Å²) in [6, 6.07) is 5.32. The average Bonchev–Trinajstić information content (AvgIpc) is 3.42. The lowest BCUT2D eigenvalue weighted by Gasteiger charge is -2.20. The molecule has 8 nitrogen and oxygen atoms in total. The number of imidazole rings is 1. The van der Waals surface area contributed by atoms with Crippen molar-refractivity contribution in [2.45, 2.75) is 38.6 Å². The van der Waals surface area contributed by atoms with Crippen molar-refractivity contribution >= 4 is 17.5 Å². The number of nitrogens with one attached hydrogen (secondary N) is 1. The lowest BCUT2D eigenvalue weighted by Crippen LogP contribution is -2.31. The third-order valence-electron chi connectivity index (χ3n) is 5.72. The highest BCUT2D eigenvalue weighted by atomic mass is 16.6. The Morgan fingerprint density at radius 3 is 2.55 bits per heavy atom. The second-order valence-electron chi connectivity index (χ2n) is 7.65. The molecule has 0 bridgehead atoms. The van der Waals surface area contributed by atoms with E-state index in [0.29, 0.717) is 41.9 Å². The van der Waals surface area contributed by atoms with Gasteiger partial charge in [-0.25, -0.2) is 4.98 Å². The molecule has 0 unspecified atom stereocenters. The van der Waals surface area contributed by atoms with Gasteiger partial charge in [-0.15, -0.1) is 0 Å². The maximum absolute atomic E-state index is 13.0. The number of nitrogens with zero attached hydrogens (tertiary/aromatic N) is 3. The maximum Gasteiger partial charge on any atom is 0.289 e. The zero-order valence-electron chi connectivity index (χ0n) is 16.3. The van der Waals surface area contributed by atoms with Crippen molar-refractivity contribution in [1.82, 2.24) is 14.5 Å². The van der Waals surface area contributed by atoms with Crippen molar-refractivity contribution < 1.29 is 19.1 Å². The molecule has 1 N–H and O–H groups in total. The van der Waals surface area contributed by atoms with Crippen LogP contribution in [0, 0.1) is 0 Å². The molecule has 2 amide bonds. The van der Waals surface area contributed by atoms with E-state index in [1.54, 1.807) is 18.2 Å². The lowest BCUT2D eigenvalue weighted by molar-refractivity contribution is 0.0774. The predicted octanol–water partition coefficient (Wildman–Crippen LogP) is 2.48. The fourth-order valence-electron chi connectivity index (χ4n) is 4.26. The summed E-state index contributed by atoms with van der Waals surface area (Å²) in [5.41, 5.74) is 1.82. The second-order valence-corrected chi connectivity index (χ2v) is 7.65. The second kappa shape index (κ2) is 7.42. The normalized spacial score (nSPS) is 17.7. The smallest absolute Gasteiger partial charge is 0.289 e. The number of hydrogen-bond donors (Lipinski definition) is 1. The summed E-state index contributed by atoms with van der Waals surface area (Å²) in [5.74, 6) is 1.32. The van der Waals surface area contributed by atoms with E-state index in [9.17, 15) is 9.59 Å². The molecule has 0 radical (unpaired) electrons. The van der Waals surface area contributed by atoms with Crippen LogP contribution in [0.4, 0.5) is 5.69 Å². The van der Waals surface area contributed by atoms with Crippen molar-refractivity contribution in [1.29, 1.82) is 0 Å². The molecule has 152 valence electrons. The molecule has 1 aromatic carbocycles. The highest BCUT2D eigenvalue weighted by Crippen LogP contribution is 2.33. The molecule has 29 heavy (non-hydrogen) atoms.